The Kier molecular flexibility index (Phi) is 3.78. The molecule has 0 saturated heterocycles. The van der Waals surface area contributed by atoms with E-state index in [-0.39, 0.29) is 23.0 Å². The van der Waals surface area contributed by atoms with Crippen molar-refractivity contribution in [1.29, 1.82) is 0 Å². The monoisotopic (exact) mass is 296 g/mol. The lowest BCUT2D eigenvalue weighted by Crippen LogP contribution is -2.25. The molecule has 0 fully saturated rings. The van der Waals surface area contributed by atoms with Gasteiger partial charge in [0, 0.05) is 6.92 Å². The summed E-state index contributed by atoms with van der Waals surface area (Å²) in [4.78, 5) is 4.03. The quantitative estimate of drug-likeness (QED) is 0.816. The zero-order valence-corrected chi connectivity index (χ0v) is 12.3. The third-order valence-corrected chi connectivity index (χ3v) is 4.57. The fourth-order valence-corrected chi connectivity index (χ4v) is 3.22. The van der Waals surface area contributed by atoms with Gasteiger partial charge in [-0.1, -0.05) is 11.2 Å². The second-order valence-electron chi connectivity index (χ2n) is 4.48. The molecule has 0 spiro atoms. The normalized spacial score (nSPS) is 11.8. The first-order valence-electron chi connectivity index (χ1n) is 5.96. The molecule has 0 aliphatic heterocycles. The minimum absolute atomic E-state index is 0.0491. The van der Waals surface area contributed by atoms with Gasteiger partial charge in [0.05, 0.1) is 12.2 Å². The van der Waals surface area contributed by atoms with Gasteiger partial charge in [0.25, 0.3) is 0 Å². The van der Waals surface area contributed by atoms with E-state index in [4.69, 9.17) is 10.3 Å². The maximum Gasteiger partial charge on any atom is 0.243 e. The molecule has 20 heavy (non-hydrogen) atoms. The maximum absolute atomic E-state index is 12.3. The molecule has 1 aromatic carbocycles. The van der Waals surface area contributed by atoms with Crippen LogP contribution in [-0.2, 0) is 16.6 Å². The van der Waals surface area contributed by atoms with E-state index in [1.54, 1.807) is 26.0 Å². The van der Waals surface area contributed by atoms with Crippen LogP contribution in [0.25, 0.3) is 0 Å². The lowest BCUT2D eigenvalue weighted by atomic mass is 10.1. The number of nitrogens with one attached hydrogen (secondary N) is 1. The summed E-state index contributed by atoms with van der Waals surface area (Å²) in [5.41, 5.74) is 7.48. The van der Waals surface area contributed by atoms with Gasteiger partial charge in [0.15, 0.2) is 5.82 Å². The molecule has 7 nitrogen and oxygen atoms in total. The summed E-state index contributed by atoms with van der Waals surface area (Å²) in [7, 11) is -3.73. The van der Waals surface area contributed by atoms with E-state index in [0.717, 1.165) is 5.56 Å². The Morgan fingerprint density at radius 2 is 2.00 bits per heavy atom. The molecule has 1 aromatic heterocycles. The molecule has 0 aliphatic rings. The second kappa shape index (κ2) is 5.22. The summed E-state index contributed by atoms with van der Waals surface area (Å²) in [6.45, 7) is 5.13. The number of benzene rings is 1. The zero-order valence-electron chi connectivity index (χ0n) is 11.5. The summed E-state index contributed by atoms with van der Waals surface area (Å²) < 4.78 is 31.9. The molecule has 2 rings (SSSR count). The number of aromatic nitrogens is 2. The molecule has 8 heteroatoms. The van der Waals surface area contributed by atoms with Crippen molar-refractivity contribution < 1.29 is 12.9 Å². The van der Waals surface area contributed by atoms with Crippen LogP contribution in [0.1, 0.15) is 22.8 Å². The second-order valence-corrected chi connectivity index (χ2v) is 6.18. The number of anilines is 1. The van der Waals surface area contributed by atoms with Gasteiger partial charge in [0.2, 0.25) is 15.9 Å². The highest BCUT2D eigenvalue weighted by Gasteiger charge is 2.21. The van der Waals surface area contributed by atoms with Gasteiger partial charge in [-0.2, -0.15) is 4.98 Å². The Bertz CT molecular complexity index is 737. The van der Waals surface area contributed by atoms with Crippen molar-refractivity contribution in [1.82, 2.24) is 14.9 Å². The highest BCUT2D eigenvalue weighted by atomic mass is 32.2. The number of aryl methyl sites for hydroxylation is 2. The summed E-state index contributed by atoms with van der Waals surface area (Å²) in [6.07, 6.45) is 0. The topological polar surface area (TPSA) is 111 Å². The summed E-state index contributed by atoms with van der Waals surface area (Å²) in [6, 6.07) is 3.36. The highest BCUT2D eigenvalue weighted by Crippen LogP contribution is 2.25. The molecular weight excluding hydrogens is 280 g/mol. The minimum atomic E-state index is -3.73. The Morgan fingerprint density at radius 3 is 2.60 bits per heavy atom. The van der Waals surface area contributed by atoms with Gasteiger partial charge < -0.3 is 10.3 Å². The molecule has 3 N–H and O–H groups in total. The molecule has 0 radical (unpaired) electrons. The molecule has 0 unspecified atom stereocenters. The van der Waals surface area contributed by atoms with Crippen LogP contribution in [0.4, 0.5) is 5.69 Å². The first-order chi connectivity index (χ1) is 9.31. The highest BCUT2D eigenvalue weighted by molar-refractivity contribution is 7.89. The van der Waals surface area contributed by atoms with Crippen molar-refractivity contribution in [3.8, 4) is 0 Å². The third kappa shape index (κ3) is 2.81. The lowest BCUT2D eigenvalue weighted by molar-refractivity contribution is 0.387. The molecule has 0 atom stereocenters. The number of hydrogen-bond acceptors (Lipinski definition) is 6. The largest absolute Gasteiger partial charge is 0.398 e. The van der Waals surface area contributed by atoms with E-state index in [0.29, 0.717) is 11.5 Å². The van der Waals surface area contributed by atoms with E-state index in [1.807, 2.05) is 6.92 Å². The fourth-order valence-electron chi connectivity index (χ4n) is 1.81. The predicted molar refractivity (Wildman–Crippen MR) is 73.4 cm³/mol. The maximum atomic E-state index is 12.3. The van der Waals surface area contributed by atoms with E-state index in [1.165, 1.54) is 0 Å². The lowest BCUT2D eigenvalue weighted by Gasteiger charge is -2.12. The van der Waals surface area contributed by atoms with Gasteiger partial charge in [-0.25, -0.2) is 13.1 Å². The van der Waals surface area contributed by atoms with Crippen molar-refractivity contribution in [2.24, 2.45) is 0 Å². The third-order valence-electron chi connectivity index (χ3n) is 2.97. The SMILES string of the molecule is Cc1nc(CNS(=O)(=O)c2c(N)ccc(C)c2C)no1. The fraction of sp³-hybridized carbons (Fsp3) is 0.333. The Labute approximate surface area is 117 Å². The summed E-state index contributed by atoms with van der Waals surface area (Å²) in [5.74, 6) is 0.653. The average molecular weight is 296 g/mol. The number of rotatable bonds is 4. The van der Waals surface area contributed by atoms with Crippen LogP contribution in [0, 0.1) is 20.8 Å². The number of nitrogens with zero attached hydrogens (tertiary/aromatic N) is 2. The number of sulfonamides is 1. The van der Waals surface area contributed by atoms with Crippen LogP contribution in [0.2, 0.25) is 0 Å². The first kappa shape index (κ1) is 14.5. The number of nitrogens with two attached hydrogens (primary N) is 1. The smallest absolute Gasteiger partial charge is 0.243 e. The van der Waals surface area contributed by atoms with Crippen molar-refractivity contribution >= 4 is 15.7 Å². The standard InChI is InChI=1S/C12H16N4O3S/c1-7-4-5-10(13)12(8(7)2)20(17,18)14-6-11-15-9(3)19-16-11/h4-5,14H,6,13H2,1-3H3. The van der Waals surface area contributed by atoms with E-state index in [2.05, 4.69) is 14.9 Å². The molecule has 108 valence electrons. The Morgan fingerprint density at radius 1 is 1.30 bits per heavy atom. The molecule has 2 aromatic rings. The number of hydrogen-bond donors (Lipinski definition) is 2. The van der Waals surface area contributed by atoms with Gasteiger partial charge in [-0.05, 0) is 31.0 Å². The van der Waals surface area contributed by atoms with Crippen LogP contribution in [0.15, 0.2) is 21.6 Å². The molecule has 0 saturated carbocycles. The van der Waals surface area contributed by atoms with Crippen LogP contribution in [0.5, 0.6) is 0 Å². The van der Waals surface area contributed by atoms with Gasteiger partial charge >= 0.3 is 0 Å². The average Bonchev–Trinajstić information content (AvgIpc) is 2.78. The van der Waals surface area contributed by atoms with Crippen molar-refractivity contribution in [3.05, 3.63) is 35.0 Å². The van der Waals surface area contributed by atoms with Gasteiger partial charge in [0.1, 0.15) is 4.90 Å². The van der Waals surface area contributed by atoms with Crippen LogP contribution < -0.4 is 10.5 Å². The zero-order chi connectivity index (χ0) is 14.9. The van der Waals surface area contributed by atoms with E-state index in [9.17, 15) is 8.42 Å². The van der Waals surface area contributed by atoms with Crippen LogP contribution >= 0.6 is 0 Å². The number of nitrogen functional groups attached to an aromatic ring is 1. The van der Waals surface area contributed by atoms with Crippen molar-refractivity contribution in [2.75, 3.05) is 5.73 Å². The molecule has 0 bridgehead atoms. The van der Waals surface area contributed by atoms with Crippen LogP contribution in [-0.4, -0.2) is 18.6 Å². The van der Waals surface area contributed by atoms with Crippen molar-refractivity contribution in [3.63, 3.8) is 0 Å². The van der Waals surface area contributed by atoms with Crippen molar-refractivity contribution in [2.45, 2.75) is 32.2 Å². The summed E-state index contributed by atoms with van der Waals surface area (Å²) in [5, 5.41) is 3.63. The first-order valence-corrected chi connectivity index (χ1v) is 7.44. The Hall–Kier alpha value is -1.93. The molecule has 0 amide bonds. The molecule has 0 aliphatic carbocycles. The Balaban J connectivity index is 2.29. The van der Waals surface area contributed by atoms with Crippen LogP contribution in [0.3, 0.4) is 0 Å². The van der Waals surface area contributed by atoms with E-state index < -0.39 is 10.0 Å². The predicted octanol–water partition coefficient (Wildman–Crippen LogP) is 1.06. The van der Waals surface area contributed by atoms with Gasteiger partial charge in [-0.3, -0.25) is 0 Å². The minimum Gasteiger partial charge on any atom is -0.398 e. The van der Waals surface area contributed by atoms with Gasteiger partial charge in [-0.15, -0.1) is 0 Å². The molecule has 1 heterocycles. The summed E-state index contributed by atoms with van der Waals surface area (Å²) >= 11 is 0. The molecular formula is C12H16N4O3S. The van der Waals surface area contributed by atoms with E-state index >= 15 is 0 Å².